The molecule has 1 amide bonds. The minimum absolute atomic E-state index is 0.139. The van der Waals surface area contributed by atoms with Crippen LogP contribution in [-0.2, 0) is 4.74 Å². The molecule has 4 heteroatoms. The molecule has 98 valence electrons. The number of carbonyl (C=O) groups is 1. The average Bonchev–Trinajstić information content (AvgIpc) is 2.29. The molecular formula is C14H20N2O2. The predicted octanol–water partition coefficient (Wildman–Crippen LogP) is 2.29. The molecule has 1 aliphatic heterocycles. The zero-order chi connectivity index (χ0) is 13.3. The van der Waals surface area contributed by atoms with Gasteiger partial charge in [-0.05, 0) is 31.9 Å². The molecule has 1 unspecified atom stereocenters. The summed E-state index contributed by atoms with van der Waals surface area (Å²) in [6, 6.07) is 4.18. The van der Waals surface area contributed by atoms with Crippen LogP contribution in [0.2, 0.25) is 0 Å². The lowest BCUT2D eigenvalue weighted by Crippen LogP contribution is -2.45. The number of cyclic esters (lactones) is 1. The Morgan fingerprint density at radius 2 is 1.94 bits per heavy atom. The maximum absolute atomic E-state index is 12.0. The van der Waals surface area contributed by atoms with Gasteiger partial charge in [0.1, 0.15) is 6.10 Å². The fourth-order valence-corrected chi connectivity index (χ4v) is 2.60. The smallest absolute Gasteiger partial charge is 0.414 e. The Morgan fingerprint density at radius 3 is 2.44 bits per heavy atom. The zero-order valence-corrected chi connectivity index (χ0v) is 11.2. The van der Waals surface area contributed by atoms with E-state index in [-0.39, 0.29) is 12.2 Å². The number of hydrogen-bond donors (Lipinski definition) is 1. The minimum atomic E-state index is -0.285. The normalized spacial score (nSPS) is 19.9. The molecule has 0 saturated carbocycles. The van der Waals surface area contributed by atoms with Crippen LogP contribution in [0.25, 0.3) is 0 Å². The van der Waals surface area contributed by atoms with Gasteiger partial charge in [0.25, 0.3) is 0 Å². The van der Waals surface area contributed by atoms with E-state index in [2.05, 4.69) is 19.1 Å². The van der Waals surface area contributed by atoms with Gasteiger partial charge in [-0.25, -0.2) is 4.79 Å². The maximum atomic E-state index is 12.0. The van der Waals surface area contributed by atoms with E-state index in [0.29, 0.717) is 13.1 Å². The zero-order valence-electron chi connectivity index (χ0n) is 11.2. The van der Waals surface area contributed by atoms with Crippen molar-refractivity contribution in [2.24, 2.45) is 5.73 Å². The number of carbonyl (C=O) groups excluding carboxylic acids is 1. The van der Waals surface area contributed by atoms with E-state index in [1.54, 1.807) is 4.90 Å². The number of anilines is 1. The van der Waals surface area contributed by atoms with Crippen LogP contribution in [0.3, 0.4) is 0 Å². The average molecular weight is 248 g/mol. The molecule has 1 saturated heterocycles. The van der Waals surface area contributed by atoms with Gasteiger partial charge in [0.15, 0.2) is 0 Å². The highest BCUT2D eigenvalue weighted by molar-refractivity contribution is 5.90. The summed E-state index contributed by atoms with van der Waals surface area (Å²) in [6.07, 6.45) is 0.362. The second kappa shape index (κ2) is 4.98. The number of ether oxygens (including phenoxy) is 1. The lowest BCUT2D eigenvalue weighted by Gasteiger charge is -2.33. The largest absolute Gasteiger partial charge is 0.444 e. The van der Waals surface area contributed by atoms with Gasteiger partial charge < -0.3 is 10.5 Å². The van der Waals surface area contributed by atoms with Gasteiger partial charge in [-0.2, -0.15) is 0 Å². The van der Waals surface area contributed by atoms with E-state index >= 15 is 0 Å². The second-order valence-corrected chi connectivity index (χ2v) is 4.93. The van der Waals surface area contributed by atoms with Gasteiger partial charge in [0.05, 0.1) is 5.69 Å². The predicted molar refractivity (Wildman–Crippen MR) is 71.9 cm³/mol. The fraction of sp³-hybridized carbons (Fsp3) is 0.500. The molecule has 1 aliphatic rings. The van der Waals surface area contributed by atoms with E-state index in [1.165, 1.54) is 5.56 Å². The summed E-state index contributed by atoms with van der Waals surface area (Å²) in [7, 11) is 0. The molecule has 1 aromatic rings. The first-order valence-electron chi connectivity index (χ1n) is 6.29. The second-order valence-electron chi connectivity index (χ2n) is 4.93. The molecule has 1 fully saturated rings. The van der Waals surface area contributed by atoms with E-state index in [1.807, 2.05) is 13.8 Å². The maximum Gasteiger partial charge on any atom is 0.414 e. The Hall–Kier alpha value is -1.55. The summed E-state index contributed by atoms with van der Waals surface area (Å²) in [5.41, 5.74) is 9.93. The topological polar surface area (TPSA) is 55.6 Å². The SMILES string of the molecule is Cc1cc(C)c(N2CCC(CN)OC2=O)c(C)c1. The van der Waals surface area contributed by atoms with Crippen molar-refractivity contribution in [3.05, 3.63) is 28.8 Å². The van der Waals surface area contributed by atoms with Gasteiger partial charge in [-0.3, -0.25) is 4.90 Å². The van der Waals surface area contributed by atoms with E-state index < -0.39 is 0 Å². The third kappa shape index (κ3) is 2.34. The van der Waals surface area contributed by atoms with Gasteiger partial charge in [0.2, 0.25) is 0 Å². The minimum Gasteiger partial charge on any atom is -0.444 e. The number of nitrogens with zero attached hydrogens (tertiary/aromatic N) is 1. The van der Waals surface area contributed by atoms with Gasteiger partial charge in [0, 0.05) is 19.5 Å². The number of nitrogens with two attached hydrogens (primary N) is 1. The van der Waals surface area contributed by atoms with E-state index in [4.69, 9.17) is 10.5 Å². The van der Waals surface area contributed by atoms with Gasteiger partial charge >= 0.3 is 6.09 Å². The van der Waals surface area contributed by atoms with E-state index in [9.17, 15) is 4.79 Å². The molecule has 0 bridgehead atoms. The van der Waals surface area contributed by atoms with Crippen molar-refractivity contribution in [2.45, 2.75) is 33.3 Å². The third-order valence-corrected chi connectivity index (χ3v) is 3.33. The van der Waals surface area contributed by atoms with Crippen LogP contribution in [0.15, 0.2) is 12.1 Å². The first-order chi connectivity index (χ1) is 8.52. The van der Waals surface area contributed by atoms with Crippen molar-refractivity contribution in [1.29, 1.82) is 0 Å². The highest BCUT2D eigenvalue weighted by Gasteiger charge is 2.29. The summed E-state index contributed by atoms with van der Waals surface area (Å²) >= 11 is 0. The molecule has 2 N–H and O–H groups in total. The molecule has 4 nitrogen and oxygen atoms in total. The summed E-state index contributed by atoms with van der Waals surface area (Å²) in [4.78, 5) is 13.7. The number of benzene rings is 1. The summed E-state index contributed by atoms with van der Waals surface area (Å²) < 4.78 is 5.30. The van der Waals surface area contributed by atoms with Crippen molar-refractivity contribution in [3.63, 3.8) is 0 Å². The van der Waals surface area contributed by atoms with E-state index in [0.717, 1.165) is 23.2 Å². The highest BCUT2D eigenvalue weighted by atomic mass is 16.6. The summed E-state index contributed by atoms with van der Waals surface area (Å²) in [6.45, 7) is 7.18. The van der Waals surface area contributed by atoms with Crippen LogP contribution in [0.4, 0.5) is 10.5 Å². The molecule has 1 aromatic carbocycles. The van der Waals surface area contributed by atoms with Crippen LogP contribution in [-0.4, -0.2) is 25.3 Å². The molecule has 1 atom stereocenters. The van der Waals surface area contributed by atoms with Crippen molar-refractivity contribution >= 4 is 11.8 Å². The molecule has 18 heavy (non-hydrogen) atoms. The molecular weight excluding hydrogens is 228 g/mol. The number of aryl methyl sites for hydroxylation is 3. The first-order valence-corrected chi connectivity index (χ1v) is 6.29. The number of amides is 1. The Labute approximate surface area is 108 Å². The highest BCUT2D eigenvalue weighted by Crippen LogP contribution is 2.29. The third-order valence-electron chi connectivity index (χ3n) is 3.33. The standard InChI is InChI=1S/C14H20N2O2/c1-9-6-10(2)13(11(3)7-9)16-5-4-12(8-15)18-14(16)17/h6-7,12H,4-5,8,15H2,1-3H3. The van der Waals surface area contributed by atoms with Crippen molar-refractivity contribution in [2.75, 3.05) is 18.0 Å². The molecule has 0 spiro atoms. The van der Waals surface area contributed by atoms with Crippen molar-refractivity contribution in [3.8, 4) is 0 Å². The van der Waals surface area contributed by atoms with Gasteiger partial charge in [-0.15, -0.1) is 0 Å². The van der Waals surface area contributed by atoms with Crippen LogP contribution >= 0.6 is 0 Å². The monoisotopic (exact) mass is 248 g/mol. The summed E-state index contributed by atoms with van der Waals surface area (Å²) in [5.74, 6) is 0. The van der Waals surface area contributed by atoms with Crippen molar-refractivity contribution < 1.29 is 9.53 Å². The van der Waals surface area contributed by atoms with Crippen LogP contribution in [0, 0.1) is 20.8 Å². The molecule has 2 rings (SSSR count). The summed E-state index contributed by atoms with van der Waals surface area (Å²) in [5, 5.41) is 0. The Kier molecular flexibility index (Phi) is 3.57. The lowest BCUT2D eigenvalue weighted by atomic mass is 10.0. The first kappa shape index (κ1) is 12.9. The van der Waals surface area contributed by atoms with Gasteiger partial charge in [-0.1, -0.05) is 17.7 Å². The lowest BCUT2D eigenvalue weighted by molar-refractivity contribution is 0.0887. The molecule has 0 aromatic heterocycles. The Morgan fingerprint density at radius 1 is 1.33 bits per heavy atom. The Balaban J connectivity index is 2.30. The molecule has 1 heterocycles. The van der Waals surface area contributed by atoms with Crippen molar-refractivity contribution in [1.82, 2.24) is 0 Å². The van der Waals surface area contributed by atoms with Crippen LogP contribution in [0.5, 0.6) is 0 Å². The number of rotatable bonds is 2. The fourth-order valence-electron chi connectivity index (χ4n) is 2.60. The molecule has 0 aliphatic carbocycles. The van der Waals surface area contributed by atoms with Crippen LogP contribution in [0.1, 0.15) is 23.1 Å². The molecule has 0 radical (unpaired) electrons. The Bertz CT molecular complexity index is 448. The number of hydrogen-bond acceptors (Lipinski definition) is 3. The quantitative estimate of drug-likeness (QED) is 0.873. The van der Waals surface area contributed by atoms with Crippen LogP contribution < -0.4 is 10.6 Å².